The Hall–Kier alpha value is -3.73. The molecule has 12 heteroatoms. The van der Waals surface area contributed by atoms with Gasteiger partial charge in [-0.2, -0.15) is 0 Å². The van der Waals surface area contributed by atoms with Crippen molar-refractivity contribution >= 4 is 40.6 Å². The number of hydrogen-bond acceptors (Lipinski definition) is 6. The van der Waals surface area contributed by atoms with Crippen LogP contribution in [0.15, 0.2) is 77.1 Å². The number of likely N-dealkylation sites (N-methyl/N-ethyl adjacent to an activating group) is 1. The number of anilines is 1. The van der Waals surface area contributed by atoms with Crippen LogP contribution in [0.3, 0.4) is 0 Å². The number of amides is 1. The zero-order chi connectivity index (χ0) is 26.1. The molecule has 1 unspecified atom stereocenters. The quantitative estimate of drug-likeness (QED) is 0.104. The van der Waals surface area contributed by atoms with Crippen molar-refractivity contribution in [3.05, 3.63) is 82.6 Å². The molecule has 3 rings (SSSR count). The Balaban J connectivity index is 1.62. The highest BCUT2D eigenvalue weighted by atomic mass is 35.5. The molecule has 0 heterocycles. The molecule has 0 aliphatic heterocycles. The average Bonchev–Trinajstić information content (AvgIpc) is 2.83. The predicted octanol–water partition coefficient (Wildman–Crippen LogP) is 5.55. The van der Waals surface area contributed by atoms with Crippen LogP contribution in [0.1, 0.15) is 0 Å². The molecule has 0 saturated carbocycles. The summed E-state index contributed by atoms with van der Waals surface area (Å²) < 4.78 is 25.8. The van der Waals surface area contributed by atoms with Crippen LogP contribution >= 0.6 is 23.2 Å². The average molecular weight is 533 g/mol. The Morgan fingerprint density at radius 3 is 2.53 bits per heavy atom. The van der Waals surface area contributed by atoms with Crippen LogP contribution < -0.4 is 20.6 Å². The highest BCUT2D eigenvalue weighted by Crippen LogP contribution is 2.28. The number of para-hydroxylation sites is 1. The van der Waals surface area contributed by atoms with E-state index in [0.29, 0.717) is 21.5 Å². The summed E-state index contributed by atoms with van der Waals surface area (Å²) in [6, 6.07) is 16.6. The van der Waals surface area contributed by atoms with E-state index >= 15 is 0 Å². The third-order valence-electron chi connectivity index (χ3n) is 4.90. The van der Waals surface area contributed by atoms with E-state index in [2.05, 4.69) is 15.7 Å². The van der Waals surface area contributed by atoms with E-state index in [0.717, 1.165) is 6.07 Å². The van der Waals surface area contributed by atoms with Gasteiger partial charge in [0.05, 0.1) is 11.6 Å². The lowest BCUT2D eigenvalue weighted by Gasteiger charge is -2.26. The second-order valence-electron chi connectivity index (χ2n) is 7.52. The van der Waals surface area contributed by atoms with Gasteiger partial charge in [0.1, 0.15) is 24.1 Å². The molecule has 188 valence electrons. The van der Waals surface area contributed by atoms with Crippen LogP contribution in [0.2, 0.25) is 10.0 Å². The first-order valence-electron chi connectivity index (χ1n) is 10.6. The van der Waals surface area contributed by atoms with Gasteiger partial charge in [-0.1, -0.05) is 40.6 Å². The molecule has 0 bridgehead atoms. The summed E-state index contributed by atoms with van der Waals surface area (Å²) in [4.78, 5) is 14.2. The molecular weight excluding hydrogens is 510 g/mol. The van der Waals surface area contributed by atoms with Gasteiger partial charge in [0.2, 0.25) is 5.91 Å². The van der Waals surface area contributed by atoms with Gasteiger partial charge in [-0.25, -0.2) is 4.39 Å². The molecule has 3 aromatic rings. The number of hydrogen-bond donors (Lipinski definition) is 3. The van der Waals surface area contributed by atoms with E-state index in [1.165, 1.54) is 17.0 Å². The number of carbonyl (C=O) groups excluding carboxylic acids is 1. The third kappa shape index (κ3) is 7.64. The van der Waals surface area contributed by atoms with Crippen LogP contribution in [0.5, 0.6) is 17.2 Å². The minimum absolute atomic E-state index is 0.00943. The van der Waals surface area contributed by atoms with E-state index in [1.54, 1.807) is 55.6 Å². The number of benzene rings is 3. The van der Waals surface area contributed by atoms with Crippen molar-refractivity contribution in [2.24, 2.45) is 16.2 Å². The largest absolute Gasteiger partial charge is 0.490 e. The minimum atomic E-state index is -0.772. The first-order chi connectivity index (χ1) is 17.3. The fourth-order valence-corrected chi connectivity index (χ4v) is 3.42. The SMILES string of the molecule is CN(CC(=O)Nc1ccc(Oc2ccc(Cl)cc2)c(F)c1)C(COc1ccccc1Cl)C(=N)N=NN. The molecule has 0 aliphatic carbocycles. The van der Waals surface area contributed by atoms with Crippen LogP contribution in [-0.4, -0.2) is 42.9 Å². The zero-order valence-electron chi connectivity index (χ0n) is 19.1. The van der Waals surface area contributed by atoms with Crippen molar-refractivity contribution in [1.29, 1.82) is 5.41 Å². The van der Waals surface area contributed by atoms with Crippen molar-refractivity contribution < 1.29 is 18.7 Å². The second kappa shape index (κ2) is 12.8. The molecular formula is C24H23Cl2FN6O3. The number of halogens is 3. The Bertz CT molecular complexity index is 1240. The summed E-state index contributed by atoms with van der Waals surface area (Å²) >= 11 is 12.0. The monoisotopic (exact) mass is 532 g/mol. The van der Waals surface area contributed by atoms with Gasteiger partial charge in [0.25, 0.3) is 0 Å². The highest BCUT2D eigenvalue weighted by Gasteiger charge is 2.24. The summed E-state index contributed by atoms with van der Waals surface area (Å²) in [5.41, 5.74) is 0.231. The number of nitrogens with two attached hydrogens (primary N) is 1. The van der Waals surface area contributed by atoms with Crippen LogP contribution in [0, 0.1) is 11.2 Å². The molecule has 0 radical (unpaired) electrons. The molecule has 0 aliphatic rings. The van der Waals surface area contributed by atoms with E-state index in [-0.39, 0.29) is 30.4 Å². The van der Waals surface area contributed by atoms with Gasteiger partial charge < -0.3 is 20.6 Å². The van der Waals surface area contributed by atoms with Gasteiger partial charge in [0.15, 0.2) is 17.4 Å². The van der Waals surface area contributed by atoms with Crippen molar-refractivity contribution in [2.75, 3.05) is 25.5 Å². The molecule has 0 fully saturated rings. The fraction of sp³-hybridized carbons (Fsp3) is 0.167. The third-order valence-corrected chi connectivity index (χ3v) is 5.46. The molecule has 9 nitrogen and oxygen atoms in total. The topological polar surface area (TPSA) is 125 Å². The standard InChI is InChI=1S/C24H23Cl2FN6O3/c1-33(20(24(28)31-32-29)14-35-21-5-3-2-4-18(21)26)13-23(34)30-16-8-11-22(19(27)12-16)36-17-9-6-15(25)7-10-17/h2-12,20H,13-14H2,1H3,(H,30,34)(H3,28,29,31). The van der Waals surface area contributed by atoms with Crippen molar-refractivity contribution in [2.45, 2.75) is 6.04 Å². The first kappa shape index (κ1) is 26.9. The summed E-state index contributed by atoms with van der Waals surface area (Å²) in [5.74, 6) is 4.58. The Labute approximate surface area is 217 Å². The lowest BCUT2D eigenvalue weighted by Crippen LogP contribution is -2.45. The van der Waals surface area contributed by atoms with E-state index < -0.39 is 17.8 Å². The first-order valence-corrected chi connectivity index (χ1v) is 11.3. The van der Waals surface area contributed by atoms with Crippen molar-refractivity contribution in [3.8, 4) is 17.2 Å². The lowest BCUT2D eigenvalue weighted by molar-refractivity contribution is -0.117. The maximum absolute atomic E-state index is 14.5. The van der Waals surface area contributed by atoms with E-state index in [4.69, 9.17) is 43.9 Å². The molecule has 4 N–H and O–H groups in total. The number of amidine groups is 1. The van der Waals surface area contributed by atoms with Gasteiger partial charge in [-0.3, -0.25) is 15.1 Å². The smallest absolute Gasteiger partial charge is 0.238 e. The van der Waals surface area contributed by atoms with Gasteiger partial charge >= 0.3 is 0 Å². The lowest BCUT2D eigenvalue weighted by atomic mass is 10.2. The number of rotatable bonds is 10. The molecule has 0 saturated heterocycles. The summed E-state index contributed by atoms with van der Waals surface area (Å²) in [6.07, 6.45) is 0. The maximum atomic E-state index is 14.5. The molecule has 0 aromatic heterocycles. The van der Waals surface area contributed by atoms with Crippen molar-refractivity contribution in [3.63, 3.8) is 0 Å². The van der Waals surface area contributed by atoms with Gasteiger partial charge in [-0.05, 0) is 55.6 Å². The number of ether oxygens (including phenoxy) is 2. The summed E-state index contributed by atoms with van der Waals surface area (Å²) in [7, 11) is 1.60. The summed E-state index contributed by atoms with van der Waals surface area (Å²) in [6.45, 7) is -0.208. The number of nitrogens with zero attached hydrogens (tertiary/aromatic N) is 3. The Kier molecular flexibility index (Phi) is 9.57. The Morgan fingerprint density at radius 1 is 1.14 bits per heavy atom. The van der Waals surface area contributed by atoms with Crippen LogP contribution in [-0.2, 0) is 4.79 Å². The fourth-order valence-electron chi connectivity index (χ4n) is 3.10. The molecule has 1 amide bonds. The van der Waals surface area contributed by atoms with E-state index in [1.807, 2.05) is 0 Å². The molecule has 36 heavy (non-hydrogen) atoms. The summed E-state index contributed by atoms with van der Waals surface area (Å²) in [5, 5.41) is 18.4. The number of carbonyl (C=O) groups is 1. The predicted molar refractivity (Wildman–Crippen MR) is 137 cm³/mol. The van der Waals surface area contributed by atoms with Crippen LogP contribution in [0.25, 0.3) is 0 Å². The highest BCUT2D eigenvalue weighted by molar-refractivity contribution is 6.32. The Morgan fingerprint density at radius 2 is 1.86 bits per heavy atom. The molecule has 1 atom stereocenters. The van der Waals surface area contributed by atoms with Crippen LogP contribution in [0.4, 0.5) is 10.1 Å². The molecule has 3 aromatic carbocycles. The van der Waals surface area contributed by atoms with E-state index in [9.17, 15) is 9.18 Å². The zero-order valence-corrected chi connectivity index (χ0v) is 20.6. The maximum Gasteiger partial charge on any atom is 0.238 e. The second-order valence-corrected chi connectivity index (χ2v) is 8.37. The minimum Gasteiger partial charge on any atom is -0.490 e. The number of nitrogens with one attached hydrogen (secondary N) is 2. The van der Waals surface area contributed by atoms with Gasteiger partial charge in [-0.15, -0.1) is 5.11 Å². The molecule has 0 spiro atoms. The van der Waals surface area contributed by atoms with Crippen molar-refractivity contribution in [1.82, 2.24) is 4.90 Å². The normalized spacial score (nSPS) is 11.9. The van der Waals surface area contributed by atoms with Gasteiger partial charge in [0, 0.05) is 16.8 Å².